The SMILES string of the molecule is COc1c(CC=C(C)C)c2c(c3c1C(=O)[C@](CC(C)=O)(c1ccc(O)cc1)C(=O)O3)C=CC(C)(C)O2. The van der Waals surface area contributed by atoms with E-state index in [1.807, 2.05) is 39.8 Å². The molecule has 2 aliphatic rings. The third kappa shape index (κ3) is 4.08. The molecule has 0 bridgehead atoms. The van der Waals surface area contributed by atoms with E-state index < -0.39 is 29.2 Å². The largest absolute Gasteiger partial charge is 0.508 e. The molecule has 36 heavy (non-hydrogen) atoms. The minimum Gasteiger partial charge on any atom is -0.508 e. The number of phenolic OH excluding ortho intramolecular Hbond substituents is 1. The Hall–Kier alpha value is -3.87. The van der Waals surface area contributed by atoms with Crippen LogP contribution in [-0.4, -0.2) is 35.4 Å². The van der Waals surface area contributed by atoms with Crippen LogP contribution in [0.15, 0.2) is 42.0 Å². The van der Waals surface area contributed by atoms with Crippen LogP contribution in [0.2, 0.25) is 0 Å². The summed E-state index contributed by atoms with van der Waals surface area (Å²) >= 11 is 0. The number of hydrogen-bond donors (Lipinski definition) is 1. The number of Topliss-reactive ketones (excluding diaryl/α,β-unsaturated/α-hetero) is 2. The maximum absolute atomic E-state index is 14.4. The number of methoxy groups -OCH3 is 1. The second kappa shape index (κ2) is 8.97. The topological polar surface area (TPSA) is 99.1 Å². The van der Waals surface area contributed by atoms with Crippen LogP contribution in [0.5, 0.6) is 23.0 Å². The van der Waals surface area contributed by atoms with Gasteiger partial charge in [-0.25, -0.2) is 0 Å². The van der Waals surface area contributed by atoms with Gasteiger partial charge in [-0.05, 0) is 70.9 Å². The van der Waals surface area contributed by atoms with Crippen LogP contribution in [0.4, 0.5) is 0 Å². The number of allylic oxidation sites excluding steroid dienone is 2. The molecule has 0 amide bonds. The van der Waals surface area contributed by atoms with Crippen LogP contribution in [-0.2, 0) is 21.4 Å². The Morgan fingerprint density at radius 2 is 1.75 bits per heavy atom. The predicted molar refractivity (Wildman–Crippen MR) is 135 cm³/mol. The quantitative estimate of drug-likeness (QED) is 0.260. The van der Waals surface area contributed by atoms with Crippen molar-refractivity contribution in [2.45, 2.75) is 58.5 Å². The molecule has 1 atom stereocenters. The molecule has 0 saturated carbocycles. The van der Waals surface area contributed by atoms with Gasteiger partial charge in [0.1, 0.15) is 34.2 Å². The highest BCUT2D eigenvalue weighted by Gasteiger charge is 2.56. The number of hydrogen-bond acceptors (Lipinski definition) is 7. The third-order valence-electron chi connectivity index (χ3n) is 6.46. The lowest BCUT2D eigenvalue weighted by atomic mass is 9.69. The monoisotopic (exact) mass is 490 g/mol. The van der Waals surface area contributed by atoms with E-state index in [1.165, 1.54) is 38.3 Å². The highest BCUT2D eigenvalue weighted by Crippen LogP contribution is 2.53. The maximum atomic E-state index is 14.4. The van der Waals surface area contributed by atoms with Crippen LogP contribution in [0.25, 0.3) is 6.08 Å². The van der Waals surface area contributed by atoms with Crippen LogP contribution < -0.4 is 14.2 Å². The first-order valence-corrected chi connectivity index (χ1v) is 11.8. The van der Waals surface area contributed by atoms with Gasteiger partial charge < -0.3 is 19.3 Å². The standard InChI is InChI=1S/C29H30O7/c1-16(2)7-12-20-23-21(13-14-28(4,5)36-23)25-22(24(20)34-6)26(32)29(15-17(3)30,27(33)35-25)18-8-10-19(31)11-9-18/h7-11,13-14,31H,12,15H2,1-6H3/t29-/m0/s1. The molecule has 0 unspecified atom stereocenters. The van der Waals surface area contributed by atoms with Crippen LogP contribution in [0.1, 0.15) is 68.1 Å². The van der Waals surface area contributed by atoms with E-state index >= 15 is 0 Å². The van der Waals surface area contributed by atoms with Crippen molar-refractivity contribution in [3.05, 3.63) is 64.2 Å². The second-order valence-corrected chi connectivity index (χ2v) is 10.0. The minimum absolute atomic E-state index is 0.0330. The molecule has 0 radical (unpaired) electrons. The molecule has 0 aliphatic carbocycles. The fourth-order valence-corrected chi connectivity index (χ4v) is 4.74. The van der Waals surface area contributed by atoms with Gasteiger partial charge in [-0.1, -0.05) is 23.8 Å². The van der Waals surface area contributed by atoms with Gasteiger partial charge in [0.2, 0.25) is 0 Å². The molecule has 1 N–H and O–H groups in total. The number of aromatic hydroxyl groups is 1. The summed E-state index contributed by atoms with van der Waals surface area (Å²) in [4.78, 5) is 40.4. The van der Waals surface area contributed by atoms with E-state index in [0.29, 0.717) is 23.3 Å². The molecule has 0 spiro atoms. The number of ether oxygens (including phenoxy) is 3. The summed E-state index contributed by atoms with van der Waals surface area (Å²) in [6.45, 7) is 9.07. The number of carbonyl (C=O) groups excluding carboxylic acids is 3. The summed E-state index contributed by atoms with van der Waals surface area (Å²) in [5, 5.41) is 9.79. The van der Waals surface area contributed by atoms with Gasteiger partial charge in [0.05, 0.1) is 12.7 Å². The van der Waals surface area contributed by atoms with Crippen molar-refractivity contribution >= 4 is 23.6 Å². The fraction of sp³-hybridized carbons (Fsp3) is 0.345. The number of fused-ring (bicyclic) bond motifs is 3. The molecule has 2 heterocycles. The predicted octanol–water partition coefficient (Wildman–Crippen LogP) is 5.11. The van der Waals surface area contributed by atoms with Crippen LogP contribution in [0.3, 0.4) is 0 Å². The van der Waals surface area contributed by atoms with Gasteiger partial charge in [0.15, 0.2) is 16.9 Å². The number of ketones is 2. The first kappa shape index (κ1) is 25.2. The molecular weight excluding hydrogens is 460 g/mol. The Bertz CT molecular complexity index is 1320. The summed E-state index contributed by atoms with van der Waals surface area (Å²) < 4.78 is 18.0. The third-order valence-corrected chi connectivity index (χ3v) is 6.46. The number of phenols is 1. The van der Waals surface area contributed by atoms with Gasteiger partial charge in [0.25, 0.3) is 0 Å². The lowest BCUT2D eigenvalue weighted by Gasteiger charge is -2.38. The first-order chi connectivity index (χ1) is 16.9. The van der Waals surface area contributed by atoms with Gasteiger partial charge in [-0.15, -0.1) is 0 Å². The van der Waals surface area contributed by atoms with Crippen molar-refractivity contribution < 1.29 is 33.7 Å². The van der Waals surface area contributed by atoms with E-state index in [2.05, 4.69) is 0 Å². The second-order valence-electron chi connectivity index (χ2n) is 10.0. The number of rotatable bonds is 6. The molecule has 0 fully saturated rings. The van der Waals surface area contributed by atoms with E-state index in [-0.39, 0.29) is 34.2 Å². The van der Waals surface area contributed by atoms with Gasteiger partial charge in [-0.3, -0.25) is 14.4 Å². The Kier molecular flexibility index (Phi) is 6.29. The van der Waals surface area contributed by atoms with E-state index in [1.54, 1.807) is 6.08 Å². The van der Waals surface area contributed by atoms with Crippen molar-refractivity contribution in [3.63, 3.8) is 0 Å². The fourth-order valence-electron chi connectivity index (χ4n) is 4.74. The highest BCUT2D eigenvalue weighted by molar-refractivity contribution is 6.24. The molecule has 188 valence electrons. The number of benzene rings is 2. The lowest BCUT2D eigenvalue weighted by Crippen LogP contribution is -2.51. The molecule has 4 rings (SSSR count). The summed E-state index contributed by atoms with van der Waals surface area (Å²) in [5.74, 6) is -1.05. The number of carbonyl (C=O) groups is 3. The zero-order valence-electron chi connectivity index (χ0n) is 21.4. The van der Waals surface area contributed by atoms with Gasteiger partial charge >= 0.3 is 5.97 Å². The summed E-state index contributed by atoms with van der Waals surface area (Å²) in [6, 6.07) is 5.67. The molecular formula is C29H30O7. The Morgan fingerprint density at radius 3 is 2.33 bits per heavy atom. The molecule has 2 aromatic rings. The van der Waals surface area contributed by atoms with E-state index in [9.17, 15) is 19.5 Å². The van der Waals surface area contributed by atoms with Crippen molar-refractivity contribution in [2.24, 2.45) is 0 Å². The molecule has 2 aromatic carbocycles. The summed E-state index contributed by atoms with van der Waals surface area (Å²) in [7, 11) is 1.45. The molecule has 0 saturated heterocycles. The van der Waals surface area contributed by atoms with Crippen molar-refractivity contribution in [2.75, 3.05) is 7.11 Å². The maximum Gasteiger partial charge on any atom is 0.330 e. The Balaban J connectivity index is 2.06. The summed E-state index contributed by atoms with van der Waals surface area (Å²) in [6.07, 6.45) is 5.66. The van der Waals surface area contributed by atoms with E-state index in [4.69, 9.17) is 14.2 Å². The zero-order valence-corrected chi connectivity index (χ0v) is 21.4. The lowest BCUT2D eigenvalue weighted by molar-refractivity contribution is -0.142. The van der Waals surface area contributed by atoms with E-state index in [0.717, 1.165) is 5.57 Å². The van der Waals surface area contributed by atoms with Crippen molar-refractivity contribution in [1.82, 2.24) is 0 Å². The van der Waals surface area contributed by atoms with Crippen LogP contribution >= 0.6 is 0 Å². The molecule has 7 heteroatoms. The van der Waals surface area contributed by atoms with Gasteiger partial charge in [0, 0.05) is 12.0 Å². The number of esters is 1. The Labute approximate surface area is 210 Å². The molecule has 7 nitrogen and oxygen atoms in total. The van der Waals surface area contributed by atoms with Gasteiger partial charge in [-0.2, -0.15) is 0 Å². The molecule has 0 aromatic heterocycles. The average Bonchev–Trinajstić information content (AvgIpc) is 2.79. The normalized spacial score (nSPS) is 19.5. The van der Waals surface area contributed by atoms with Crippen molar-refractivity contribution in [3.8, 4) is 23.0 Å². The molecule has 2 aliphatic heterocycles. The highest BCUT2D eigenvalue weighted by atomic mass is 16.5. The van der Waals surface area contributed by atoms with Crippen LogP contribution in [0, 0.1) is 0 Å². The van der Waals surface area contributed by atoms with Crippen molar-refractivity contribution in [1.29, 1.82) is 0 Å². The first-order valence-electron chi connectivity index (χ1n) is 11.8. The minimum atomic E-state index is -1.92. The summed E-state index contributed by atoms with van der Waals surface area (Å²) in [5.41, 5.74) is 0.0102. The Morgan fingerprint density at radius 1 is 1.08 bits per heavy atom. The smallest absolute Gasteiger partial charge is 0.330 e. The zero-order chi connectivity index (χ0) is 26.4. The average molecular weight is 491 g/mol.